The van der Waals surface area contributed by atoms with E-state index in [0.717, 1.165) is 51.1 Å². The van der Waals surface area contributed by atoms with Gasteiger partial charge in [-0.05, 0) is 24.1 Å². The molecule has 7 heteroatoms. The number of nitrogens with zero attached hydrogens (tertiary/aromatic N) is 5. The molecule has 0 aliphatic carbocycles. The van der Waals surface area contributed by atoms with Crippen LogP contribution < -0.4 is 10.2 Å². The molecule has 0 unspecified atom stereocenters. The van der Waals surface area contributed by atoms with Crippen molar-refractivity contribution in [2.24, 2.45) is 0 Å². The minimum Gasteiger partial charge on any atom is -0.355 e. The smallest absolute Gasteiger partial charge is 0.243 e. The van der Waals surface area contributed by atoms with Crippen LogP contribution in [0.4, 0.5) is 5.82 Å². The standard InChI is InChI=1S/C26H30N6O/c1-2-3-13-28-26(33)21(18-27)24-25(30-23-12-8-7-11-22(23)29-24)32-16-14-31(15-17-32)19-20-9-5-4-6-10-20/h4-12,21H,2-3,13-17,19H2,1H3,(H,28,33)/t21-/m0/s1. The van der Waals surface area contributed by atoms with E-state index >= 15 is 0 Å². The van der Waals surface area contributed by atoms with Gasteiger partial charge in [0.15, 0.2) is 11.7 Å². The highest BCUT2D eigenvalue weighted by molar-refractivity contribution is 5.88. The van der Waals surface area contributed by atoms with E-state index in [1.54, 1.807) is 0 Å². The summed E-state index contributed by atoms with van der Waals surface area (Å²) in [5.74, 6) is -0.652. The van der Waals surface area contributed by atoms with E-state index < -0.39 is 5.92 Å². The zero-order valence-electron chi connectivity index (χ0n) is 19.1. The number of carbonyl (C=O) groups is 1. The summed E-state index contributed by atoms with van der Waals surface area (Å²) in [6, 6.07) is 20.3. The van der Waals surface area contributed by atoms with Crippen molar-refractivity contribution in [2.45, 2.75) is 32.2 Å². The average molecular weight is 443 g/mol. The number of amides is 1. The van der Waals surface area contributed by atoms with Crippen molar-refractivity contribution in [3.63, 3.8) is 0 Å². The van der Waals surface area contributed by atoms with Gasteiger partial charge in [0.2, 0.25) is 5.91 Å². The molecule has 1 fully saturated rings. The van der Waals surface area contributed by atoms with Gasteiger partial charge in [0.25, 0.3) is 0 Å². The number of fused-ring (bicyclic) bond motifs is 1. The molecule has 1 aliphatic heterocycles. The van der Waals surface area contributed by atoms with E-state index in [0.29, 0.717) is 23.6 Å². The number of piperazine rings is 1. The van der Waals surface area contributed by atoms with Crippen molar-refractivity contribution in [3.05, 3.63) is 65.9 Å². The molecule has 0 radical (unpaired) electrons. The maximum absolute atomic E-state index is 12.8. The number of nitriles is 1. The Balaban J connectivity index is 1.57. The zero-order valence-corrected chi connectivity index (χ0v) is 19.1. The normalized spacial score (nSPS) is 15.2. The molecule has 2 heterocycles. The summed E-state index contributed by atoms with van der Waals surface area (Å²) < 4.78 is 0. The minimum atomic E-state index is -0.990. The monoisotopic (exact) mass is 442 g/mol. The van der Waals surface area contributed by atoms with Crippen LogP contribution in [0.2, 0.25) is 0 Å². The second-order valence-corrected chi connectivity index (χ2v) is 8.38. The van der Waals surface area contributed by atoms with Crippen LogP contribution in [0.15, 0.2) is 54.6 Å². The van der Waals surface area contributed by atoms with Crippen LogP contribution in [0.3, 0.4) is 0 Å². The van der Waals surface area contributed by atoms with E-state index in [2.05, 4.69) is 52.4 Å². The van der Waals surface area contributed by atoms with Crippen molar-refractivity contribution < 1.29 is 4.79 Å². The Morgan fingerprint density at radius 3 is 2.36 bits per heavy atom. The molecule has 0 spiro atoms. The number of hydrogen-bond acceptors (Lipinski definition) is 6. The minimum absolute atomic E-state index is 0.306. The number of nitrogens with one attached hydrogen (secondary N) is 1. The number of aromatic nitrogens is 2. The SMILES string of the molecule is CCCCNC(=O)[C@@H](C#N)c1nc2ccccc2nc1N1CCN(Cc2ccccc2)CC1. The van der Waals surface area contributed by atoms with Crippen molar-refractivity contribution in [1.29, 1.82) is 5.26 Å². The first-order valence-corrected chi connectivity index (χ1v) is 11.6. The molecule has 4 rings (SSSR count). The summed E-state index contributed by atoms with van der Waals surface area (Å²) >= 11 is 0. The first kappa shape index (κ1) is 22.7. The van der Waals surface area contributed by atoms with E-state index in [1.807, 2.05) is 30.3 Å². The van der Waals surface area contributed by atoms with E-state index in [-0.39, 0.29) is 5.91 Å². The summed E-state index contributed by atoms with van der Waals surface area (Å²) in [5, 5.41) is 12.8. The fourth-order valence-corrected chi connectivity index (χ4v) is 4.12. The highest BCUT2D eigenvalue weighted by Crippen LogP contribution is 2.28. The van der Waals surface area contributed by atoms with E-state index in [1.165, 1.54) is 5.56 Å². The quantitative estimate of drug-likeness (QED) is 0.538. The molecule has 33 heavy (non-hydrogen) atoms. The van der Waals surface area contributed by atoms with Gasteiger partial charge < -0.3 is 10.2 Å². The van der Waals surface area contributed by atoms with Crippen LogP contribution >= 0.6 is 0 Å². The molecule has 0 bridgehead atoms. The maximum atomic E-state index is 12.8. The van der Waals surface area contributed by atoms with E-state index in [4.69, 9.17) is 9.97 Å². The molecule has 1 atom stereocenters. The van der Waals surface area contributed by atoms with Crippen LogP contribution in [0, 0.1) is 11.3 Å². The third-order valence-corrected chi connectivity index (χ3v) is 5.99. The Hall–Kier alpha value is -3.50. The molecule has 1 amide bonds. The summed E-state index contributed by atoms with van der Waals surface area (Å²) in [4.78, 5) is 27.1. The lowest BCUT2D eigenvalue weighted by molar-refractivity contribution is -0.121. The summed E-state index contributed by atoms with van der Waals surface area (Å²) in [7, 11) is 0. The molecule has 7 nitrogen and oxygen atoms in total. The third kappa shape index (κ3) is 5.47. The highest BCUT2D eigenvalue weighted by Gasteiger charge is 2.30. The number of unbranched alkanes of at least 4 members (excludes halogenated alkanes) is 1. The van der Waals surface area contributed by atoms with E-state index in [9.17, 15) is 10.1 Å². The fraction of sp³-hybridized carbons (Fsp3) is 0.385. The average Bonchev–Trinajstić information content (AvgIpc) is 2.85. The maximum Gasteiger partial charge on any atom is 0.243 e. The van der Waals surface area contributed by atoms with Gasteiger partial charge >= 0.3 is 0 Å². The number of carbonyl (C=O) groups excluding carboxylic acids is 1. The second-order valence-electron chi connectivity index (χ2n) is 8.38. The first-order valence-electron chi connectivity index (χ1n) is 11.6. The Morgan fingerprint density at radius 2 is 1.70 bits per heavy atom. The highest BCUT2D eigenvalue weighted by atomic mass is 16.1. The Kier molecular flexibility index (Phi) is 7.48. The van der Waals surface area contributed by atoms with Crippen molar-refractivity contribution in [3.8, 4) is 6.07 Å². The number of hydrogen-bond donors (Lipinski definition) is 1. The van der Waals surface area contributed by atoms with Gasteiger partial charge in [-0.2, -0.15) is 5.26 Å². The predicted molar refractivity (Wildman–Crippen MR) is 130 cm³/mol. The first-order chi connectivity index (χ1) is 16.2. The second kappa shape index (κ2) is 10.9. The van der Waals surface area contributed by atoms with Crippen LogP contribution in [0.5, 0.6) is 0 Å². The van der Waals surface area contributed by atoms with Crippen molar-refractivity contribution in [1.82, 2.24) is 20.2 Å². The van der Waals surface area contributed by atoms with Crippen LogP contribution in [-0.2, 0) is 11.3 Å². The Morgan fingerprint density at radius 1 is 1.03 bits per heavy atom. The lowest BCUT2D eigenvalue weighted by Gasteiger charge is -2.36. The molecule has 170 valence electrons. The van der Waals surface area contributed by atoms with Gasteiger partial charge in [-0.15, -0.1) is 0 Å². The summed E-state index contributed by atoms with van der Waals surface area (Å²) in [5.41, 5.74) is 3.21. The summed E-state index contributed by atoms with van der Waals surface area (Å²) in [6.45, 7) is 6.82. The van der Waals surface area contributed by atoms with Gasteiger partial charge in [-0.25, -0.2) is 9.97 Å². The van der Waals surface area contributed by atoms with Crippen LogP contribution in [0.25, 0.3) is 11.0 Å². The molecule has 1 saturated heterocycles. The number of anilines is 1. The lowest BCUT2D eigenvalue weighted by atomic mass is 10.0. The Labute approximate surface area is 195 Å². The molecule has 3 aromatic rings. The van der Waals surface area contributed by atoms with Crippen LogP contribution in [0.1, 0.15) is 36.9 Å². The number of rotatable bonds is 8. The van der Waals surface area contributed by atoms with Crippen LogP contribution in [-0.4, -0.2) is 53.5 Å². The molecule has 1 aromatic heterocycles. The number of para-hydroxylation sites is 2. The lowest BCUT2D eigenvalue weighted by Crippen LogP contribution is -2.47. The summed E-state index contributed by atoms with van der Waals surface area (Å²) in [6.07, 6.45) is 1.86. The molecule has 1 N–H and O–H groups in total. The topological polar surface area (TPSA) is 85.1 Å². The molecular weight excluding hydrogens is 412 g/mol. The predicted octanol–water partition coefficient (Wildman–Crippen LogP) is 3.48. The third-order valence-electron chi connectivity index (χ3n) is 5.99. The molecule has 0 saturated carbocycles. The molecule has 2 aromatic carbocycles. The van der Waals surface area contributed by atoms with Gasteiger partial charge in [0, 0.05) is 39.3 Å². The molecular formula is C26H30N6O. The number of benzene rings is 2. The Bertz CT molecular complexity index is 1120. The fourth-order valence-electron chi connectivity index (χ4n) is 4.12. The largest absolute Gasteiger partial charge is 0.355 e. The van der Waals surface area contributed by atoms with Crippen molar-refractivity contribution >= 4 is 22.8 Å². The molecule has 1 aliphatic rings. The zero-order chi connectivity index (χ0) is 23.0. The van der Waals surface area contributed by atoms with Gasteiger partial charge in [-0.3, -0.25) is 9.69 Å². The van der Waals surface area contributed by atoms with Gasteiger partial charge in [0.05, 0.1) is 17.1 Å². The van der Waals surface area contributed by atoms with Crippen molar-refractivity contribution in [2.75, 3.05) is 37.6 Å². The van der Waals surface area contributed by atoms with Gasteiger partial charge in [-0.1, -0.05) is 55.8 Å². The van der Waals surface area contributed by atoms with Gasteiger partial charge in [0.1, 0.15) is 5.69 Å².